The second kappa shape index (κ2) is 9.83. The van der Waals surface area contributed by atoms with E-state index in [0.29, 0.717) is 36.2 Å². The molecule has 4 rings (SSSR count). The molecule has 1 heterocycles. The zero-order valence-electron chi connectivity index (χ0n) is 20.1. The molecule has 3 amide bonds. The lowest BCUT2D eigenvalue weighted by Crippen LogP contribution is -2.51. The number of carbonyl (C=O) groups is 3. The molecule has 0 radical (unpaired) electrons. The van der Waals surface area contributed by atoms with E-state index in [-0.39, 0.29) is 23.8 Å². The molecule has 1 aromatic rings. The quantitative estimate of drug-likeness (QED) is 0.661. The van der Waals surface area contributed by atoms with E-state index in [9.17, 15) is 27.6 Å². The molecule has 7 nitrogen and oxygen atoms in total. The molecule has 2 atom stereocenters. The van der Waals surface area contributed by atoms with Crippen LogP contribution in [0.1, 0.15) is 41.3 Å². The summed E-state index contributed by atoms with van der Waals surface area (Å²) in [4.78, 5) is 39.0. The van der Waals surface area contributed by atoms with Gasteiger partial charge < -0.3 is 20.3 Å². The van der Waals surface area contributed by atoms with Gasteiger partial charge in [-0.25, -0.2) is 0 Å². The number of amides is 3. The second-order valence-corrected chi connectivity index (χ2v) is 9.54. The van der Waals surface area contributed by atoms with E-state index in [1.807, 2.05) is 6.92 Å². The van der Waals surface area contributed by atoms with Crippen molar-refractivity contribution in [1.29, 1.82) is 0 Å². The molecular weight excluding hydrogens is 475 g/mol. The fourth-order valence-corrected chi connectivity index (χ4v) is 4.80. The van der Waals surface area contributed by atoms with Crippen LogP contribution in [-0.2, 0) is 27.2 Å². The first-order chi connectivity index (χ1) is 17.0. The Labute approximate surface area is 207 Å². The molecule has 10 heteroatoms. The van der Waals surface area contributed by atoms with Crippen LogP contribution in [0.2, 0.25) is 0 Å². The minimum absolute atomic E-state index is 0.0427. The Morgan fingerprint density at radius 1 is 1.22 bits per heavy atom. The van der Waals surface area contributed by atoms with Gasteiger partial charge in [0.2, 0.25) is 5.91 Å². The molecule has 1 aliphatic heterocycles. The average Bonchev–Trinajstić information content (AvgIpc) is 3.11. The van der Waals surface area contributed by atoms with Crippen LogP contribution >= 0.6 is 0 Å². The number of allylic oxidation sites excluding steroid dienone is 4. The summed E-state index contributed by atoms with van der Waals surface area (Å²) in [6.45, 7) is 0.198. The van der Waals surface area contributed by atoms with Crippen molar-refractivity contribution in [3.63, 3.8) is 0 Å². The molecule has 0 saturated heterocycles. The van der Waals surface area contributed by atoms with Crippen molar-refractivity contribution in [2.24, 2.45) is 5.41 Å². The monoisotopic (exact) mass is 503 g/mol. The number of nitrogens with one attached hydrogen (secondary N) is 2. The number of aryl methyl sites for hydroxylation is 1. The Morgan fingerprint density at radius 3 is 2.72 bits per heavy atom. The molecular formula is C26H28F3N3O4. The van der Waals surface area contributed by atoms with Gasteiger partial charge in [0.15, 0.2) is 0 Å². The number of hydrogen-bond donors (Lipinski definition) is 2. The first-order valence-corrected chi connectivity index (χ1v) is 11.7. The number of carbonyl (C=O) groups excluding carboxylic acids is 3. The number of alkyl halides is 3. The Bertz CT molecular complexity index is 1170. The molecule has 2 unspecified atom stereocenters. The largest absolute Gasteiger partial charge is 0.461 e. The Kier molecular flexibility index (Phi) is 6.97. The summed E-state index contributed by atoms with van der Waals surface area (Å²) in [5, 5.41) is 5.17. The highest BCUT2D eigenvalue weighted by molar-refractivity contribution is 5.97. The third-order valence-electron chi connectivity index (χ3n) is 6.77. The number of hydrogen-bond acceptors (Lipinski definition) is 4. The predicted octanol–water partition coefficient (Wildman–Crippen LogP) is 3.17. The molecule has 2 N–H and O–H groups in total. The fourth-order valence-electron chi connectivity index (χ4n) is 4.80. The molecule has 0 spiro atoms. The molecule has 0 saturated carbocycles. The van der Waals surface area contributed by atoms with Gasteiger partial charge in [0.05, 0.1) is 5.41 Å². The van der Waals surface area contributed by atoms with Gasteiger partial charge in [-0.1, -0.05) is 31.2 Å². The topological polar surface area (TPSA) is 87.7 Å². The van der Waals surface area contributed by atoms with E-state index in [0.717, 1.165) is 11.1 Å². The maximum atomic E-state index is 13.2. The summed E-state index contributed by atoms with van der Waals surface area (Å²) >= 11 is 0. The van der Waals surface area contributed by atoms with E-state index < -0.39 is 36.2 Å². The van der Waals surface area contributed by atoms with E-state index in [1.54, 1.807) is 49.6 Å². The van der Waals surface area contributed by atoms with Crippen molar-refractivity contribution in [3.05, 3.63) is 70.5 Å². The van der Waals surface area contributed by atoms with Gasteiger partial charge in [0.1, 0.15) is 12.3 Å². The van der Waals surface area contributed by atoms with Gasteiger partial charge in [-0.3, -0.25) is 14.4 Å². The minimum Gasteiger partial charge on any atom is -0.461 e. The van der Waals surface area contributed by atoms with E-state index >= 15 is 0 Å². The first kappa shape index (κ1) is 25.5. The Hall–Kier alpha value is -3.56. The smallest absolute Gasteiger partial charge is 0.406 e. The highest BCUT2D eigenvalue weighted by Gasteiger charge is 2.40. The fraction of sp³-hybridized carbons (Fsp3) is 0.423. The van der Waals surface area contributed by atoms with E-state index in [4.69, 9.17) is 4.74 Å². The van der Waals surface area contributed by atoms with Crippen LogP contribution in [0.4, 0.5) is 13.2 Å². The number of nitrogens with zero attached hydrogens (tertiary/aromatic N) is 1. The zero-order valence-corrected chi connectivity index (χ0v) is 20.1. The summed E-state index contributed by atoms with van der Waals surface area (Å²) in [7, 11) is 1.60. The molecule has 0 aromatic heterocycles. The SMILES string of the molecule is CNC(=O)C1(C)CCc2cc(C(=O)NC3OC4=C(CC=CC=C4)CN(CC(F)(F)F)C3=O)ccc2C1. The van der Waals surface area contributed by atoms with E-state index in [2.05, 4.69) is 10.6 Å². The normalized spacial score (nSPS) is 23.8. The highest BCUT2D eigenvalue weighted by Crippen LogP contribution is 2.36. The number of ether oxygens (including phenoxy) is 1. The number of halogens is 3. The average molecular weight is 504 g/mol. The van der Waals surface area contributed by atoms with Gasteiger partial charge >= 0.3 is 6.18 Å². The van der Waals surface area contributed by atoms with Crippen molar-refractivity contribution in [2.75, 3.05) is 20.1 Å². The van der Waals surface area contributed by atoms with Gasteiger partial charge in [-0.15, -0.1) is 0 Å². The van der Waals surface area contributed by atoms with Crippen molar-refractivity contribution in [3.8, 4) is 0 Å². The van der Waals surface area contributed by atoms with Gasteiger partial charge in [-0.05, 0) is 60.6 Å². The Balaban J connectivity index is 1.55. The third-order valence-corrected chi connectivity index (χ3v) is 6.77. The summed E-state index contributed by atoms with van der Waals surface area (Å²) in [5.74, 6) is -1.38. The maximum absolute atomic E-state index is 13.2. The van der Waals surface area contributed by atoms with Gasteiger partial charge in [0, 0.05) is 19.2 Å². The van der Waals surface area contributed by atoms with Crippen LogP contribution in [0.3, 0.4) is 0 Å². The summed E-state index contributed by atoms with van der Waals surface area (Å²) < 4.78 is 45.3. The lowest BCUT2D eigenvalue weighted by Gasteiger charge is -2.33. The Morgan fingerprint density at radius 2 is 2.00 bits per heavy atom. The van der Waals surface area contributed by atoms with Crippen LogP contribution in [0, 0.1) is 5.41 Å². The van der Waals surface area contributed by atoms with Gasteiger partial charge in [0.25, 0.3) is 18.0 Å². The predicted molar refractivity (Wildman–Crippen MR) is 126 cm³/mol. The number of benzene rings is 1. The molecule has 192 valence electrons. The molecule has 2 aliphatic carbocycles. The molecule has 0 bridgehead atoms. The van der Waals surface area contributed by atoms with Crippen LogP contribution in [0.25, 0.3) is 0 Å². The van der Waals surface area contributed by atoms with Crippen LogP contribution < -0.4 is 10.6 Å². The minimum atomic E-state index is -4.60. The summed E-state index contributed by atoms with van der Waals surface area (Å²) in [6.07, 6.45) is 2.58. The molecule has 36 heavy (non-hydrogen) atoms. The van der Waals surface area contributed by atoms with Gasteiger partial charge in [-0.2, -0.15) is 13.2 Å². The van der Waals surface area contributed by atoms with E-state index in [1.165, 1.54) is 0 Å². The molecule has 1 aromatic carbocycles. The van der Waals surface area contributed by atoms with Crippen LogP contribution in [0.5, 0.6) is 0 Å². The van der Waals surface area contributed by atoms with Crippen molar-refractivity contribution >= 4 is 17.7 Å². The maximum Gasteiger partial charge on any atom is 0.406 e. The summed E-state index contributed by atoms with van der Waals surface area (Å²) in [6, 6.07) is 5.05. The van der Waals surface area contributed by atoms with Crippen molar-refractivity contribution in [2.45, 2.75) is 45.0 Å². The lowest BCUT2D eigenvalue weighted by atomic mass is 9.72. The van der Waals surface area contributed by atoms with Crippen molar-refractivity contribution < 1.29 is 32.3 Å². The third kappa shape index (κ3) is 5.47. The summed E-state index contributed by atoms with van der Waals surface area (Å²) in [5.41, 5.74) is 2.10. The first-order valence-electron chi connectivity index (χ1n) is 11.7. The standard InChI is InChI=1S/C26H28F3N3O4/c1-25(24(35)30-2)11-10-16-12-17(8-9-18(16)13-25)21(33)31-22-23(34)32(15-26(27,28)29)14-19-6-4-3-5-7-20(19)36-22/h3-5,7-9,12,22H,6,10-11,13-15H2,1-2H3,(H,30,35)(H,31,33). The molecule has 0 fully saturated rings. The number of fused-ring (bicyclic) bond motifs is 1. The second-order valence-electron chi connectivity index (χ2n) is 9.54. The number of rotatable bonds is 4. The lowest BCUT2D eigenvalue weighted by molar-refractivity contribution is -0.165. The zero-order chi connectivity index (χ0) is 26.1. The molecule has 3 aliphatic rings. The van der Waals surface area contributed by atoms with Crippen molar-refractivity contribution in [1.82, 2.24) is 15.5 Å². The van der Waals surface area contributed by atoms with Crippen LogP contribution in [0.15, 0.2) is 53.8 Å². The van der Waals surface area contributed by atoms with Crippen LogP contribution in [-0.4, -0.2) is 55.2 Å². The highest BCUT2D eigenvalue weighted by atomic mass is 19.4.